The van der Waals surface area contributed by atoms with Crippen molar-refractivity contribution >= 4 is 5.78 Å². The van der Waals surface area contributed by atoms with Gasteiger partial charge in [-0.15, -0.1) is 0 Å². The molecule has 0 saturated carbocycles. The molecule has 0 aromatic carbocycles. The van der Waals surface area contributed by atoms with Crippen molar-refractivity contribution in [2.45, 2.75) is 20.3 Å². The summed E-state index contributed by atoms with van der Waals surface area (Å²) >= 11 is 0. The minimum absolute atomic E-state index is 0.0793. The predicted molar refractivity (Wildman–Crippen MR) is 55.0 cm³/mol. The van der Waals surface area contributed by atoms with E-state index >= 15 is 0 Å². The molecule has 0 aliphatic heterocycles. The summed E-state index contributed by atoms with van der Waals surface area (Å²) in [6, 6.07) is 0. The normalized spacial score (nSPS) is 15.1. The van der Waals surface area contributed by atoms with E-state index in [0.29, 0.717) is 12.1 Å². The molecular weight excluding hydrogens is 178 g/mol. The van der Waals surface area contributed by atoms with E-state index in [4.69, 9.17) is 5.73 Å². The molecule has 14 heavy (non-hydrogen) atoms. The fraction of sp³-hybridized carbons (Fsp3) is 0.600. The summed E-state index contributed by atoms with van der Waals surface area (Å²) in [5.41, 5.74) is 5.80. The number of nitrogens with two attached hydrogens (primary N) is 1. The molecule has 1 rings (SSSR count). The van der Waals surface area contributed by atoms with E-state index in [-0.39, 0.29) is 5.78 Å². The van der Waals surface area contributed by atoms with Crippen LogP contribution in [0, 0.1) is 5.41 Å². The van der Waals surface area contributed by atoms with Gasteiger partial charge in [-0.05, 0) is 6.42 Å². The van der Waals surface area contributed by atoms with Gasteiger partial charge in [0.15, 0.2) is 5.78 Å². The lowest BCUT2D eigenvalue weighted by Crippen LogP contribution is -2.35. The molecule has 0 saturated heterocycles. The third kappa shape index (κ3) is 1.85. The van der Waals surface area contributed by atoms with Gasteiger partial charge in [0.25, 0.3) is 0 Å². The number of rotatable bonds is 4. The zero-order valence-electron chi connectivity index (χ0n) is 8.95. The van der Waals surface area contributed by atoms with E-state index < -0.39 is 5.41 Å². The number of nitrogens with zero attached hydrogens (tertiary/aromatic N) is 2. The van der Waals surface area contributed by atoms with Crippen LogP contribution >= 0.6 is 0 Å². The average Bonchev–Trinajstić information content (AvgIpc) is 2.62. The topological polar surface area (TPSA) is 60.9 Å². The molecule has 0 amide bonds. The molecule has 78 valence electrons. The SMILES string of the molecule is CCC(C)(CN)C(=O)c1cnn(C)c1. The third-order valence-corrected chi connectivity index (χ3v) is 2.75. The number of hydrogen-bond acceptors (Lipinski definition) is 3. The van der Waals surface area contributed by atoms with E-state index in [9.17, 15) is 4.79 Å². The van der Waals surface area contributed by atoms with E-state index in [1.807, 2.05) is 13.8 Å². The van der Waals surface area contributed by atoms with Crippen LogP contribution in [0.2, 0.25) is 0 Å². The fourth-order valence-corrected chi connectivity index (χ4v) is 1.28. The lowest BCUT2D eigenvalue weighted by atomic mass is 9.81. The molecular formula is C10H17N3O. The Bertz CT molecular complexity index is 326. The smallest absolute Gasteiger partial charge is 0.173 e. The Kier molecular flexibility index (Phi) is 3.06. The van der Waals surface area contributed by atoms with Crippen molar-refractivity contribution in [1.82, 2.24) is 9.78 Å². The van der Waals surface area contributed by atoms with Crippen LogP contribution in [0.3, 0.4) is 0 Å². The van der Waals surface area contributed by atoms with Gasteiger partial charge in [-0.2, -0.15) is 5.10 Å². The Morgan fingerprint density at radius 1 is 1.71 bits per heavy atom. The predicted octanol–water partition coefficient (Wildman–Crippen LogP) is 0.978. The van der Waals surface area contributed by atoms with Crippen molar-refractivity contribution in [3.63, 3.8) is 0 Å². The molecule has 1 atom stereocenters. The Labute approximate surface area is 84.1 Å². The number of aryl methyl sites for hydroxylation is 1. The minimum atomic E-state index is -0.455. The van der Waals surface area contributed by atoms with Crippen molar-refractivity contribution in [2.24, 2.45) is 18.2 Å². The molecule has 4 nitrogen and oxygen atoms in total. The summed E-state index contributed by atoms with van der Waals surface area (Å²) in [5, 5.41) is 3.97. The summed E-state index contributed by atoms with van der Waals surface area (Å²) in [6.07, 6.45) is 4.06. The van der Waals surface area contributed by atoms with Gasteiger partial charge in [0, 0.05) is 25.2 Å². The standard InChI is InChI=1S/C10H17N3O/c1-4-10(2,7-11)9(14)8-5-12-13(3)6-8/h5-6H,4,7,11H2,1-3H3. The van der Waals surface area contributed by atoms with Gasteiger partial charge in [-0.3, -0.25) is 9.48 Å². The molecule has 4 heteroatoms. The lowest BCUT2D eigenvalue weighted by Gasteiger charge is -2.23. The molecule has 1 heterocycles. The molecule has 0 fully saturated rings. The third-order valence-electron chi connectivity index (χ3n) is 2.75. The van der Waals surface area contributed by atoms with E-state index in [1.54, 1.807) is 24.1 Å². The van der Waals surface area contributed by atoms with Crippen molar-refractivity contribution in [3.8, 4) is 0 Å². The lowest BCUT2D eigenvalue weighted by molar-refractivity contribution is 0.0820. The summed E-state index contributed by atoms with van der Waals surface area (Å²) in [4.78, 5) is 12.0. The summed E-state index contributed by atoms with van der Waals surface area (Å²) < 4.78 is 1.62. The maximum atomic E-state index is 12.0. The maximum Gasteiger partial charge on any atom is 0.173 e. The number of Topliss-reactive ketones (excluding diaryl/α,β-unsaturated/α-hetero) is 1. The van der Waals surface area contributed by atoms with Gasteiger partial charge in [0.05, 0.1) is 11.8 Å². The second-order valence-corrected chi connectivity index (χ2v) is 3.85. The highest BCUT2D eigenvalue weighted by atomic mass is 16.1. The van der Waals surface area contributed by atoms with E-state index in [2.05, 4.69) is 5.10 Å². The van der Waals surface area contributed by atoms with Crippen LogP contribution in [0.25, 0.3) is 0 Å². The van der Waals surface area contributed by atoms with Gasteiger partial charge in [0.2, 0.25) is 0 Å². The zero-order valence-corrected chi connectivity index (χ0v) is 8.95. The summed E-state index contributed by atoms with van der Waals surface area (Å²) in [6.45, 7) is 4.24. The molecule has 0 aliphatic rings. The first-order valence-corrected chi connectivity index (χ1v) is 4.77. The highest BCUT2D eigenvalue weighted by molar-refractivity contribution is 6.00. The van der Waals surface area contributed by atoms with Gasteiger partial charge in [-0.1, -0.05) is 13.8 Å². The molecule has 1 aromatic rings. The molecule has 0 aliphatic carbocycles. The maximum absolute atomic E-state index is 12.0. The first kappa shape index (κ1) is 10.9. The van der Waals surface area contributed by atoms with Crippen LogP contribution in [0.5, 0.6) is 0 Å². The molecule has 0 bridgehead atoms. The van der Waals surface area contributed by atoms with Crippen LogP contribution in [0.15, 0.2) is 12.4 Å². The molecule has 0 radical (unpaired) electrons. The Balaban J connectivity index is 2.94. The first-order valence-electron chi connectivity index (χ1n) is 4.77. The van der Waals surface area contributed by atoms with E-state index in [1.165, 1.54) is 0 Å². The minimum Gasteiger partial charge on any atom is -0.329 e. The Morgan fingerprint density at radius 3 is 2.71 bits per heavy atom. The largest absolute Gasteiger partial charge is 0.329 e. The van der Waals surface area contributed by atoms with Crippen molar-refractivity contribution in [1.29, 1.82) is 0 Å². The highest BCUT2D eigenvalue weighted by Crippen LogP contribution is 2.24. The van der Waals surface area contributed by atoms with Gasteiger partial charge >= 0.3 is 0 Å². The second kappa shape index (κ2) is 3.92. The van der Waals surface area contributed by atoms with Crippen LogP contribution in [-0.2, 0) is 7.05 Å². The van der Waals surface area contributed by atoms with Gasteiger partial charge < -0.3 is 5.73 Å². The molecule has 1 unspecified atom stereocenters. The molecule has 2 N–H and O–H groups in total. The number of carbonyl (C=O) groups excluding carboxylic acids is 1. The van der Waals surface area contributed by atoms with Crippen LogP contribution in [-0.4, -0.2) is 22.1 Å². The number of ketones is 1. The number of carbonyl (C=O) groups is 1. The zero-order chi connectivity index (χ0) is 10.8. The van der Waals surface area contributed by atoms with Crippen molar-refractivity contribution in [3.05, 3.63) is 18.0 Å². The average molecular weight is 195 g/mol. The van der Waals surface area contributed by atoms with Gasteiger partial charge in [-0.25, -0.2) is 0 Å². The monoisotopic (exact) mass is 195 g/mol. The molecule has 0 spiro atoms. The van der Waals surface area contributed by atoms with Gasteiger partial charge in [0.1, 0.15) is 0 Å². The quantitative estimate of drug-likeness (QED) is 0.728. The van der Waals surface area contributed by atoms with Crippen LogP contribution in [0.1, 0.15) is 30.6 Å². The molecule has 1 aromatic heterocycles. The number of aromatic nitrogens is 2. The number of hydrogen-bond donors (Lipinski definition) is 1. The summed E-state index contributed by atoms with van der Waals surface area (Å²) in [7, 11) is 1.79. The van der Waals surface area contributed by atoms with E-state index in [0.717, 1.165) is 6.42 Å². The van der Waals surface area contributed by atoms with Crippen molar-refractivity contribution < 1.29 is 4.79 Å². The summed E-state index contributed by atoms with van der Waals surface area (Å²) in [5.74, 6) is 0.0793. The van der Waals surface area contributed by atoms with Crippen molar-refractivity contribution in [2.75, 3.05) is 6.54 Å². The Hall–Kier alpha value is -1.16. The second-order valence-electron chi connectivity index (χ2n) is 3.85. The van der Waals surface area contributed by atoms with Crippen LogP contribution in [0.4, 0.5) is 0 Å². The van der Waals surface area contributed by atoms with Crippen LogP contribution < -0.4 is 5.73 Å². The highest BCUT2D eigenvalue weighted by Gasteiger charge is 2.31. The fourth-order valence-electron chi connectivity index (χ4n) is 1.28. The first-order chi connectivity index (χ1) is 6.53. The Morgan fingerprint density at radius 2 is 2.36 bits per heavy atom.